The van der Waals surface area contributed by atoms with Crippen molar-refractivity contribution in [1.29, 1.82) is 0 Å². The minimum atomic E-state index is -0.372. The van der Waals surface area contributed by atoms with Crippen LogP contribution in [0.15, 0.2) is 73.1 Å². The molecule has 0 aliphatic carbocycles. The van der Waals surface area contributed by atoms with Gasteiger partial charge in [0.15, 0.2) is 0 Å². The molecule has 1 saturated heterocycles. The summed E-state index contributed by atoms with van der Waals surface area (Å²) in [6.07, 6.45) is 3.91. The topological polar surface area (TPSA) is 39.5 Å². The van der Waals surface area contributed by atoms with Crippen molar-refractivity contribution >= 4 is 12.6 Å². The maximum atomic E-state index is 6.16. The third-order valence-corrected chi connectivity index (χ3v) is 6.32. The maximum Gasteiger partial charge on any atom is 0.498 e. The van der Waals surface area contributed by atoms with Crippen LogP contribution in [0, 0.1) is 0 Å². The minimum absolute atomic E-state index is 0.345. The number of benzene rings is 2. The molecule has 4 rings (SSSR count). The SMILES string of the molecule is CC1(C)OB(c2cnn(CCN(Cc3ccccc3)Cc3ccccc3)c2)OC1(C)C. The molecular formula is C25H32BN3O2. The van der Waals surface area contributed by atoms with Gasteiger partial charge in [0.1, 0.15) is 0 Å². The van der Waals surface area contributed by atoms with Crippen LogP contribution in [0.1, 0.15) is 38.8 Å². The van der Waals surface area contributed by atoms with Gasteiger partial charge in [-0.05, 0) is 38.8 Å². The fourth-order valence-electron chi connectivity index (χ4n) is 3.74. The first kappa shape index (κ1) is 21.8. The number of hydrogen-bond acceptors (Lipinski definition) is 4. The molecule has 31 heavy (non-hydrogen) atoms. The van der Waals surface area contributed by atoms with E-state index in [9.17, 15) is 0 Å². The Balaban J connectivity index is 1.41. The molecule has 6 heteroatoms. The van der Waals surface area contributed by atoms with Gasteiger partial charge in [-0.2, -0.15) is 5.10 Å². The van der Waals surface area contributed by atoms with E-state index in [4.69, 9.17) is 9.31 Å². The second-order valence-corrected chi connectivity index (χ2v) is 9.31. The van der Waals surface area contributed by atoms with E-state index in [1.165, 1.54) is 11.1 Å². The predicted octanol–water partition coefficient (Wildman–Crippen LogP) is 3.88. The second-order valence-electron chi connectivity index (χ2n) is 9.31. The van der Waals surface area contributed by atoms with Crippen LogP contribution in [-0.2, 0) is 28.9 Å². The van der Waals surface area contributed by atoms with Gasteiger partial charge >= 0.3 is 7.12 Å². The summed E-state index contributed by atoms with van der Waals surface area (Å²) in [7, 11) is -0.372. The lowest BCUT2D eigenvalue weighted by molar-refractivity contribution is 0.00578. The van der Waals surface area contributed by atoms with E-state index in [0.29, 0.717) is 0 Å². The Morgan fingerprint density at radius 2 is 1.35 bits per heavy atom. The molecule has 2 heterocycles. The van der Waals surface area contributed by atoms with Crippen molar-refractivity contribution in [2.75, 3.05) is 6.54 Å². The Labute approximate surface area is 186 Å². The molecule has 1 fully saturated rings. The fraction of sp³-hybridized carbons (Fsp3) is 0.400. The highest BCUT2D eigenvalue weighted by Gasteiger charge is 2.52. The zero-order valence-corrected chi connectivity index (χ0v) is 19.0. The lowest BCUT2D eigenvalue weighted by Crippen LogP contribution is -2.41. The third kappa shape index (κ3) is 5.27. The van der Waals surface area contributed by atoms with Crippen molar-refractivity contribution in [2.45, 2.75) is 58.5 Å². The van der Waals surface area contributed by atoms with Crippen LogP contribution in [-0.4, -0.2) is 39.5 Å². The lowest BCUT2D eigenvalue weighted by atomic mass is 9.82. The second kappa shape index (κ2) is 8.99. The van der Waals surface area contributed by atoms with Crippen molar-refractivity contribution in [3.05, 3.63) is 84.2 Å². The van der Waals surface area contributed by atoms with E-state index in [0.717, 1.165) is 31.6 Å². The van der Waals surface area contributed by atoms with Crippen molar-refractivity contribution < 1.29 is 9.31 Å². The van der Waals surface area contributed by atoms with Gasteiger partial charge in [-0.3, -0.25) is 9.58 Å². The van der Waals surface area contributed by atoms with Crippen molar-refractivity contribution in [2.24, 2.45) is 0 Å². The maximum absolute atomic E-state index is 6.16. The quantitative estimate of drug-likeness (QED) is 0.522. The molecule has 0 bridgehead atoms. The summed E-state index contributed by atoms with van der Waals surface area (Å²) in [5, 5.41) is 4.57. The zero-order valence-electron chi connectivity index (χ0n) is 19.0. The van der Waals surface area contributed by atoms with Crippen LogP contribution in [0.4, 0.5) is 0 Å². The molecule has 0 N–H and O–H groups in total. The van der Waals surface area contributed by atoms with Crippen LogP contribution < -0.4 is 5.46 Å². The van der Waals surface area contributed by atoms with Gasteiger partial charge < -0.3 is 9.31 Å². The van der Waals surface area contributed by atoms with Crippen LogP contribution >= 0.6 is 0 Å². The Hall–Kier alpha value is -2.41. The summed E-state index contributed by atoms with van der Waals surface area (Å²) in [5.41, 5.74) is 2.91. The van der Waals surface area contributed by atoms with Gasteiger partial charge in [0.05, 0.1) is 17.7 Å². The van der Waals surface area contributed by atoms with Crippen LogP contribution in [0.2, 0.25) is 0 Å². The molecule has 0 atom stereocenters. The molecular weight excluding hydrogens is 385 g/mol. The molecule has 0 spiro atoms. The summed E-state index contributed by atoms with van der Waals surface area (Å²) < 4.78 is 14.3. The highest BCUT2D eigenvalue weighted by atomic mass is 16.7. The van der Waals surface area contributed by atoms with E-state index < -0.39 is 0 Å². The van der Waals surface area contributed by atoms with Crippen LogP contribution in [0.5, 0.6) is 0 Å². The first-order valence-electron chi connectivity index (χ1n) is 11.0. The van der Waals surface area contributed by atoms with Crippen LogP contribution in [0.3, 0.4) is 0 Å². The number of nitrogens with zero attached hydrogens (tertiary/aromatic N) is 3. The highest BCUT2D eigenvalue weighted by molar-refractivity contribution is 6.61. The molecule has 162 valence electrons. The standard InChI is InChI=1S/C25H32BN3O2/c1-24(2)25(3,4)31-26(30-24)23-17-27-29(20-23)16-15-28(18-21-11-7-5-8-12-21)19-22-13-9-6-10-14-22/h5-14,17,20H,15-16,18-19H2,1-4H3. The Morgan fingerprint density at radius 3 is 1.87 bits per heavy atom. The van der Waals surface area contributed by atoms with E-state index in [1.807, 2.05) is 17.1 Å². The monoisotopic (exact) mass is 417 g/mol. The average Bonchev–Trinajstić information content (AvgIpc) is 3.29. The number of rotatable bonds is 8. The van der Waals surface area contributed by atoms with E-state index in [1.54, 1.807) is 0 Å². The smallest absolute Gasteiger partial charge is 0.399 e. The first-order chi connectivity index (χ1) is 14.8. The molecule has 0 unspecified atom stereocenters. The Bertz CT molecular complexity index is 915. The van der Waals surface area contributed by atoms with Crippen molar-refractivity contribution in [3.63, 3.8) is 0 Å². The largest absolute Gasteiger partial charge is 0.498 e. The van der Waals surface area contributed by atoms with Gasteiger partial charge in [-0.15, -0.1) is 0 Å². The third-order valence-electron chi connectivity index (χ3n) is 6.32. The summed E-state index contributed by atoms with van der Waals surface area (Å²) in [4.78, 5) is 2.46. The van der Waals surface area contributed by atoms with Gasteiger partial charge in [0.2, 0.25) is 0 Å². The van der Waals surface area contributed by atoms with E-state index in [-0.39, 0.29) is 18.3 Å². The van der Waals surface area contributed by atoms with E-state index in [2.05, 4.69) is 98.4 Å². The summed E-state index contributed by atoms with van der Waals surface area (Å²) >= 11 is 0. The Kier molecular flexibility index (Phi) is 6.33. The predicted molar refractivity (Wildman–Crippen MR) is 125 cm³/mol. The molecule has 2 aromatic carbocycles. The molecule has 1 aliphatic rings. The normalized spacial score (nSPS) is 17.4. The van der Waals surface area contributed by atoms with Gasteiger partial charge in [0, 0.05) is 37.5 Å². The molecule has 1 aliphatic heterocycles. The number of aromatic nitrogens is 2. The first-order valence-corrected chi connectivity index (χ1v) is 11.0. The molecule has 3 aromatic rings. The average molecular weight is 417 g/mol. The molecule has 0 saturated carbocycles. The number of hydrogen-bond donors (Lipinski definition) is 0. The molecule has 5 nitrogen and oxygen atoms in total. The van der Waals surface area contributed by atoms with Gasteiger partial charge in [0.25, 0.3) is 0 Å². The zero-order chi connectivity index (χ0) is 21.9. The molecule has 1 aromatic heterocycles. The van der Waals surface area contributed by atoms with Crippen LogP contribution in [0.25, 0.3) is 0 Å². The molecule has 0 amide bonds. The summed E-state index contributed by atoms with van der Waals surface area (Å²) in [6.45, 7) is 11.8. The van der Waals surface area contributed by atoms with Crippen molar-refractivity contribution in [1.82, 2.24) is 14.7 Å². The van der Waals surface area contributed by atoms with Gasteiger partial charge in [-0.1, -0.05) is 60.7 Å². The summed E-state index contributed by atoms with van der Waals surface area (Å²) in [6, 6.07) is 21.2. The highest BCUT2D eigenvalue weighted by Crippen LogP contribution is 2.36. The van der Waals surface area contributed by atoms with Gasteiger partial charge in [-0.25, -0.2) is 0 Å². The lowest BCUT2D eigenvalue weighted by Gasteiger charge is -2.32. The van der Waals surface area contributed by atoms with E-state index >= 15 is 0 Å². The fourth-order valence-corrected chi connectivity index (χ4v) is 3.74. The summed E-state index contributed by atoms with van der Waals surface area (Å²) in [5.74, 6) is 0. The van der Waals surface area contributed by atoms with Crippen molar-refractivity contribution in [3.8, 4) is 0 Å². The molecule has 0 radical (unpaired) electrons. The minimum Gasteiger partial charge on any atom is -0.399 e. The Morgan fingerprint density at radius 1 is 0.839 bits per heavy atom.